The number of oxazole rings is 1. The van der Waals surface area contributed by atoms with Gasteiger partial charge in [-0.1, -0.05) is 19.0 Å². The van der Waals surface area contributed by atoms with E-state index < -0.39 is 0 Å². The zero-order valence-electron chi connectivity index (χ0n) is 21.1. The van der Waals surface area contributed by atoms with E-state index in [0.29, 0.717) is 25.0 Å². The molecule has 5 rings (SSSR count). The first-order valence-electron chi connectivity index (χ1n) is 13.2. The maximum atomic E-state index is 10.7. The Kier molecular flexibility index (Phi) is 6.36. The molecule has 0 radical (unpaired) electrons. The lowest BCUT2D eigenvalue weighted by Crippen LogP contribution is -2.54. The van der Waals surface area contributed by atoms with Crippen LogP contribution in [0.2, 0.25) is 0 Å². The zero-order chi connectivity index (χ0) is 23.2. The lowest BCUT2D eigenvalue weighted by Gasteiger charge is -2.60. The fraction of sp³-hybridized carbons (Fsp3) is 0.852. The van der Waals surface area contributed by atoms with Gasteiger partial charge in [0.2, 0.25) is 5.89 Å². The normalized spacial score (nSPS) is 41.6. The van der Waals surface area contributed by atoms with Gasteiger partial charge in [-0.15, -0.1) is 0 Å². The second-order valence-corrected chi connectivity index (χ2v) is 12.2. The van der Waals surface area contributed by atoms with E-state index in [4.69, 9.17) is 9.25 Å². The van der Waals surface area contributed by atoms with Crippen molar-refractivity contribution >= 4 is 5.71 Å². The first-order chi connectivity index (χ1) is 15.8. The largest absolute Gasteiger partial charge is 0.444 e. The number of aliphatic hydroxyl groups is 1. The highest BCUT2D eigenvalue weighted by Crippen LogP contribution is 2.65. The summed E-state index contributed by atoms with van der Waals surface area (Å²) in [6.07, 6.45) is 13.3. The SMILES string of the molecule is CN(C)Cc1ncc(CCON=C2CC[C@@]3(C)C(CCC4C3CC[C@@]3(C)C4CC[C@@H]3O)C2)o1. The van der Waals surface area contributed by atoms with Gasteiger partial charge >= 0.3 is 0 Å². The van der Waals surface area contributed by atoms with Crippen molar-refractivity contribution in [2.24, 2.45) is 39.7 Å². The van der Waals surface area contributed by atoms with Crippen LogP contribution in [-0.4, -0.2) is 47.5 Å². The molecular weight excluding hydrogens is 414 g/mol. The number of aromatic nitrogens is 1. The molecule has 6 heteroatoms. The Hall–Kier alpha value is -1.40. The molecule has 4 unspecified atom stereocenters. The molecule has 1 heterocycles. The van der Waals surface area contributed by atoms with E-state index in [2.05, 4.69) is 24.0 Å². The second-order valence-electron chi connectivity index (χ2n) is 12.2. The minimum absolute atomic E-state index is 0.0762. The Morgan fingerprint density at radius 3 is 2.76 bits per heavy atom. The summed E-state index contributed by atoms with van der Waals surface area (Å²) in [6, 6.07) is 0. The van der Waals surface area contributed by atoms with Crippen molar-refractivity contribution in [3.63, 3.8) is 0 Å². The van der Waals surface area contributed by atoms with Gasteiger partial charge in [0, 0.05) is 6.42 Å². The number of aliphatic hydroxyl groups excluding tert-OH is 1. The van der Waals surface area contributed by atoms with E-state index in [9.17, 15) is 5.11 Å². The number of rotatable bonds is 6. The van der Waals surface area contributed by atoms with Gasteiger partial charge in [-0.05, 0) is 106 Å². The summed E-state index contributed by atoms with van der Waals surface area (Å²) in [5.74, 6) is 4.72. The van der Waals surface area contributed by atoms with E-state index in [1.807, 2.05) is 19.0 Å². The lowest BCUT2D eigenvalue weighted by atomic mass is 9.45. The molecule has 1 N–H and O–H groups in total. The van der Waals surface area contributed by atoms with Crippen LogP contribution in [0.15, 0.2) is 15.8 Å². The Morgan fingerprint density at radius 1 is 1.12 bits per heavy atom. The van der Waals surface area contributed by atoms with Crippen LogP contribution in [0.4, 0.5) is 0 Å². The molecule has 0 amide bonds. The third-order valence-electron chi connectivity index (χ3n) is 10.1. The first kappa shape index (κ1) is 23.3. The van der Waals surface area contributed by atoms with Crippen LogP contribution in [0.25, 0.3) is 0 Å². The van der Waals surface area contributed by atoms with E-state index in [1.165, 1.54) is 44.2 Å². The summed E-state index contributed by atoms with van der Waals surface area (Å²) in [6.45, 7) is 6.21. The molecular formula is C27H43N3O3. The molecule has 4 aliphatic carbocycles. The molecule has 184 valence electrons. The molecule has 1 aromatic rings. The molecule has 33 heavy (non-hydrogen) atoms. The van der Waals surface area contributed by atoms with Crippen molar-refractivity contribution in [2.45, 2.75) is 90.7 Å². The lowest BCUT2D eigenvalue weighted by molar-refractivity contribution is -0.112. The van der Waals surface area contributed by atoms with Gasteiger partial charge in [0.1, 0.15) is 12.4 Å². The summed E-state index contributed by atoms with van der Waals surface area (Å²) in [4.78, 5) is 12.1. The zero-order valence-corrected chi connectivity index (χ0v) is 21.1. The van der Waals surface area contributed by atoms with Crippen molar-refractivity contribution in [3.8, 4) is 0 Å². The van der Waals surface area contributed by atoms with E-state index in [1.54, 1.807) is 6.20 Å². The molecule has 0 spiro atoms. The number of hydrogen-bond donors (Lipinski definition) is 1. The average molecular weight is 458 g/mol. The molecule has 4 fully saturated rings. The molecule has 0 aliphatic heterocycles. The highest BCUT2D eigenvalue weighted by molar-refractivity contribution is 5.85. The van der Waals surface area contributed by atoms with Crippen molar-refractivity contribution < 1.29 is 14.4 Å². The van der Waals surface area contributed by atoms with Gasteiger partial charge in [0.05, 0.1) is 24.6 Å². The Labute approximate surface area is 199 Å². The summed E-state index contributed by atoms with van der Waals surface area (Å²) in [7, 11) is 4.02. The summed E-state index contributed by atoms with van der Waals surface area (Å²) < 4.78 is 5.77. The Balaban J connectivity index is 1.15. The van der Waals surface area contributed by atoms with Gasteiger partial charge in [-0.2, -0.15) is 0 Å². The molecule has 1 aromatic heterocycles. The van der Waals surface area contributed by atoms with Crippen molar-refractivity contribution in [3.05, 3.63) is 17.8 Å². The molecule has 0 aromatic carbocycles. The minimum atomic E-state index is -0.0762. The van der Waals surface area contributed by atoms with Gasteiger partial charge in [0.15, 0.2) is 0 Å². The number of fused-ring (bicyclic) bond motifs is 5. The van der Waals surface area contributed by atoms with Crippen molar-refractivity contribution in [1.29, 1.82) is 0 Å². The van der Waals surface area contributed by atoms with Gasteiger partial charge < -0.3 is 19.3 Å². The Bertz CT molecular complexity index is 867. The molecule has 0 saturated heterocycles. The quantitative estimate of drug-likeness (QED) is 0.478. The van der Waals surface area contributed by atoms with Gasteiger partial charge in [-0.25, -0.2) is 4.98 Å². The van der Waals surface area contributed by atoms with Crippen LogP contribution in [0.5, 0.6) is 0 Å². The van der Waals surface area contributed by atoms with Crippen LogP contribution in [0, 0.1) is 34.5 Å². The van der Waals surface area contributed by atoms with E-state index >= 15 is 0 Å². The second kappa shape index (κ2) is 8.99. The average Bonchev–Trinajstić information content (AvgIpc) is 3.34. The van der Waals surface area contributed by atoms with Crippen molar-refractivity contribution in [2.75, 3.05) is 20.7 Å². The van der Waals surface area contributed by atoms with Crippen LogP contribution in [-0.2, 0) is 17.8 Å². The number of oxime groups is 1. The molecule has 7 atom stereocenters. The number of nitrogens with zero attached hydrogens (tertiary/aromatic N) is 3. The fourth-order valence-electron chi connectivity index (χ4n) is 8.21. The maximum Gasteiger partial charge on any atom is 0.208 e. The van der Waals surface area contributed by atoms with Crippen LogP contribution >= 0.6 is 0 Å². The van der Waals surface area contributed by atoms with Gasteiger partial charge in [0.25, 0.3) is 0 Å². The molecule has 6 nitrogen and oxygen atoms in total. The van der Waals surface area contributed by atoms with Gasteiger partial charge in [-0.3, -0.25) is 0 Å². The van der Waals surface area contributed by atoms with E-state index in [-0.39, 0.29) is 11.5 Å². The van der Waals surface area contributed by atoms with Crippen LogP contribution < -0.4 is 0 Å². The monoisotopic (exact) mass is 457 g/mol. The third kappa shape index (κ3) is 4.27. The highest BCUT2D eigenvalue weighted by atomic mass is 16.6. The minimum Gasteiger partial charge on any atom is -0.444 e. The topological polar surface area (TPSA) is 71.1 Å². The third-order valence-corrected chi connectivity index (χ3v) is 10.1. The number of hydrogen-bond acceptors (Lipinski definition) is 6. The molecule has 4 aliphatic rings. The first-order valence-corrected chi connectivity index (χ1v) is 13.2. The highest BCUT2D eigenvalue weighted by Gasteiger charge is 2.59. The summed E-state index contributed by atoms with van der Waals surface area (Å²) in [5, 5.41) is 15.2. The smallest absolute Gasteiger partial charge is 0.208 e. The van der Waals surface area contributed by atoms with Crippen LogP contribution in [0.3, 0.4) is 0 Å². The van der Waals surface area contributed by atoms with Crippen LogP contribution in [0.1, 0.15) is 83.3 Å². The molecule has 4 saturated carbocycles. The summed E-state index contributed by atoms with van der Waals surface area (Å²) >= 11 is 0. The Morgan fingerprint density at radius 2 is 1.94 bits per heavy atom. The predicted octanol–water partition coefficient (Wildman–Crippen LogP) is 5.05. The standard InChI is InChI=1S/C27H43N3O3/c1-26-12-9-19(29-32-14-11-20-16-28-25(33-20)17-30(3)4)15-18(26)5-6-21-22-7-8-24(31)27(22,2)13-10-23(21)26/h16,18,21-24,31H,5-15,17H2,1-4H3/t18?,21?,22?,23?,24-,26-,27-/m0/s1. The predicted molar refractivity (Wildman–Crippen MR) is 129 cm³/mol. The molecule has 0 bridgehead atoms. The van der Waals surface area contributed by atoms with E-state index in [0.717, 1.165) is 54.6 Å². The summed E-state index contributed by atoms with van der Waals surface area (Å²) in [5.41, 5.74) is 1.86. The van der Waals surface area contributed by atoms with Crippen molar-refractivity contribution in [1.82, 2.24) is 9.88 Å². The maximum absolute atomic E-state index is 10.7. The fourth-order valence-corrected chi connectivity index (χ4v) is 8.21.